The van der Waals surface area contributed by atoms with E-state index in [1.54, 1.807) is 13.2 Å². The molecule has 2 aliphatic heterocycles. The summed E-state index contributed by atoms with van der Waals surface area (Å²) < 4.78 is 17.6. The molecule has 0 N–H and O–H groups in total. The molecule has 2 atom stereocenters. The highest BCUT2D eigenvalue weighted by Gasteiger charge is 2.78. The molecule has 128 valence electrons. The molecule has 0 amide bonds. The molecule has 1 fully saturated rings. The van der Waals surface area contributed by atoms with E-state index in [-0.39, 0.29) is 5.97 Å². The third kappa shape index (κ3) is 1.61. The zero-order valence-electron chi connectivity index (χ0n) is 14.1. The number of hydrogen-bond donors (Lipinski definition) is 0. The molecular formula is C22H16O4. The molecule has 0 spiro atoms. The summed E-state index contributed by atoms with van der Waals surface area (Å²) in [5, 5.41) is 0. The fraction of sp³-hybridized carbons (Fsp3) is 0.136. The number of esters is 1. The summed E-state index contributed by atoms with van der Waals surface area (Å²) >= 11 is 0. The Balaban J connectivity index is 1.82. The molecular weight excluding hydrogens is 328 g/mol. The van der Waals surface area contributed by atoms with Gasteiger partial charge in [-0.1, -0.05) is 60.7 Å². The van der Waals surface area contributed by atoms with E-state index < -0.39 is 11.2 Å². The van der Waals surface area contributed by atoms with E-state index in [9.17, 15) is 4.79 Å². The minimum absolute atomic E-state index is 0.386. The lowest BCUT2D eigenvalue weighted by atomic mass is 9.67. The van der Waals surface area contributed by atoms with Gasteiger partial charge in [-0.05, 0) is 12.1 Å². The third-order valence-electron chi connectivity index (χ3n) is 5.22. The Labute approximate surface area is 150 Å². The van der Waals surface area contributed by atoms with E-state index in [1.165, 1.54) is 0 Å². The number of rotatable bonds is 3. The Morgan fingerprint density at radius 3 is 1.96 bits per heavy atom. The summed E-state index contributed by atoms with van der Waals surface area (Å²) in [6.45, 7) is 0. The molecule has 1 saturated heterocycles. The van der Waals surface area contributed by atoms with Crippen LogP contribution in [-0.2, 0) is 20.7 Å². The Morgan fingerprint density at radius 1 is 0.769 bits per heavy atom. The Hall–Kier alpha value is -3.27. The van der Waals surface area contributed by atoms with Gasteiger partial charge in [0.15, 0.2) is 0 Å². The topological polar surface area (TPSA) is 44.8 Å². The standard InChI is InChI=1S/C22H16O4/c1-24-17-12-13-18-19(14-17)25-22(16-10-6-3-7-11-16)20(23)26-21(18,22)15-8-4-2-5-9-15/h2-14H,1H3. The molecule has 2 unspecified atom stereocenters. The molecule has 26 heavy (non-hydrogen) atoms. The largest absolute Gasteiger partial charge is 0.497 e. The number of ether oxygens (including phenoxy) is 3. The molecule has 3 aromatic rings. The SMILES string of the molecule is COc1ccc2c(c1)OC1(c3ccccc3)C(=O)OC21c1ccccc1. The molecule has 0 aromatic heterocycles. The first-order valence-corrected chi connectivity index (χ1v) is 8.44. The highest BCUT2D eigenvalue weighted by molar-refractivity contribution is 5.94. The van der Waals surface area contributed by atoms with Gasteiger partial charge in [0.25, 0.3) is 5.60 Å². The van der Waals surface area contributed by atoms with E-state index in [0.717, 1.165) is 16.7 Å². The summed E-state index contributed by atoms with van der Waals surface area (Å²) in [6.07, 6.45) is 0. The van der Waals surface area contributed by atoms with Crippen LogP contribution in [-0.4, -0.2) is 13.1 Å². The number of carbonyl (C=O) groups excluding carboxylic acids is 1. The molecule has 0 saturated carbocycles. The Bertz CT molecular complexity index is 999. The second-order valence-electron chi connectivity index (χ2n) is 6.45. The fourth-order valence-electron chi connectivity index (χ4n) is 4.05. The van der Waals surface area contributed by atoms with Crippen LogP contribution < -0.4 is 9.47 Å². The lowest BCUT2D eigenvalue weighted by Crippen LogP contribution is -2.67. The van der Waals surface area contributed by atoms with Crippen LogP contribution in [0, 0.1) is 0 Å². The van der Waals surface area contributed by atoms with Gasteiger partial charge in [-0.2, -0.15) is 0 Å². The lowest BCUT2D eigenvalue weighted by Gasteiger charge is -2.51. The third-order valence-corrected chi connectivity index (χ3v) is 5.22. The maximum absolute atomic E-state index is 12.9. The summed E-state index contributed by atoms with van der Waals surface area (Å²) in [5.74, 6) is 0.884. The van der Waals surface area contributed by atoms with Crippen molar-refractivity contribution in [3.8, 4) is 11.5 Å². The first-order chi connectivity index (χ1) is 12.7. The molecule has 2 heterocycles. The quantitative estimate of drug-likeness (QED) is 0.678. The summed E-state index contributed by atoms with van der Waals surface area (Å²) in [4.78, 5) is 12.9. The zero-order valence-corrected chi connectivity index (χ0v) is 14.1. The zero-order chi connectivity index (χ0) is 17.8. The van der Waals surface area contributed by atoms with Crippen LogP contribution >= 0.6 is 0 Å². The van der Waals surface area contributed by atoms with Crippen molar-refractivity contribution in [3.63, 3.8) is 0 Å². The van der Waals surface area contributed by atoms with Crippen LogP contribution in [0.1, 0.15) is 16.7 Å². The van der Waals surface area contributed by atoms with Gasteiger partial charge in [0.05, 0.1) is 7.11 Å². The molecule has 4 nitrogen and oxygen atoms in total. The smallest absolute Gasteiger partial charge is 0.361 e. The van der Waals surface area contributed by atoms with Crippen molar-refractivity contribution >= 4 is 5.97 Å². The van der Waals surface area contributed by atoms with Crippen LogP contribution in [0.2, 0.25) is 0 Å². The lowest BCUT2D eigenvalue weighted by molar-refractivity contribution is -0.245. The molecule has 0 aliphatic carbocycles. The number of fused-ring (bicyclic) bond motifs is 3. The van der Waals surface area contributed by atoms with E-state index in [1.807, 2.05) is 72.8 Å². The van der Waals surface area contributed by atoms with E-state index in [2.05, 4.69) is 0 Å². The highest BCUT2D eigenvalue weighted by Crippen LogP contribution is 2.65. The molecule has 5 rings (SSSR count). The minimum atomic E-state index is -1.23. The van der Waals surface area contributed by atoms with Crippen LogP contribution in [0.3, 0.4) is 0 Å². The average Bonchev–Trinajstić information content (AvgIpc) is 2.94. The highest BCUT2D eigenvalue weighted by atomic mass is 16.7. The van der Waals surface area contributed by atoms with Gasteiger partial charge in [0.2, 0.25) is 5.60 Å². The molecule has 0 bridgehead atoms. The van der Waals surface area contributed by atoms with Gasteiger partial charge in [-0.3, -0.25) is 0 Å². The molecule has 4 heteroatoms. The molecule has 2 aliphatic rings. The van der Waals surface area contributed by atoms with Gasteiger partial charge >= 0.3 is 5.97 Å². The minimum Gasteiger partial charge on any atom is -0.497 e. The number of methoxy groups -OCH3 is 1. The second-order valence-corrected chi connectivity index (χ2v) is 6.45. The number of benzene rings is 3. The predicted molar refractivity (Wildman–Crippen MR) is 95.1 cm³/mol. The maximum atomic E-state index is 12.9. The number of carbonyl (C=O) groups is 1. The van der Waals surface area contributed by atoms with Crippen molar-refractivity contribution < 1.29 is 19.0 Å². The normalized spacial score (nSPS) is 25.3. The van der Waals surface area contributed by atoms with Crippen molar-refractivity contribution in [1.82, 2.24) is 0 Å². The van der Waals surface area contributed by atoms with Crippen LogP contribution in [0.15, 0.2) is 78.9 Å². The average molecular weight is 344 g/mol. The van der Waals surface area contributed by atoms with Crippen molar-refractivity contribution in [2.24, 2.45) is 0 Å². The Kier molecular flexibility index (Phi) is 2.95. The molecule has 3 aromatic carbocycles. The van der Waals surface area contributed by atoms with Crippen LogP contribution in [0.4, 0.5) is 0 Å². The van der Waals surface area contributed by atoms with Gasteiger partial charge in [-0.25, -0.2) is 4.79 Å². The second kappa shape index (κ2) is 5.11. The van der Waals surface area contributed by atoms with E-state index in [0.29, 0.717) is 11.5 Å². The summed E-state index contributed by atoms with van der Waals surface area (Å²) in [6, 6.07) is 24.9. The maximum Gasteiger partial charge on any atom is 0.361 e. The fourth-order valence-corrected chi connectivity index (χ4v) is 4.05. The monoisotopic (exact) mass is 344 g/mol. The van der Waals surface area contributed by atoms with Crippen molar-refractivity contribution in [3.05, 3.63) is 95.6 Å². The van der Waals surface area contributed by atoms with E-state index in [4.69, 9.17) is 14.2 Å². The van der Waals surface area contributed by atoms with Crippen molar-refractivity contribution in [1.29, 1.82) is 0 Å². The van der Waals surface area contributed by atoms with Crippen LogP contribution in [0.25, 0.3) is 0 Å². The van der Waals surface area contributed by atoms with Gasteiger partial charge in [0, 0.05) is 22.8 Å². The van der Waals surface area contributed by atoms with Gasteiger partial charge in [-0.15, -0.1) is 0 Å². The summed E-state index contributed by atoms with van der Waals surface area (Å²) in [5.41, 5.74) is 0.245. The van der Waals surface area contributed by atoms with Crippen LogP contribution in [0.5, 0.6) is 11.5 Å². The van der Waals surface area contributed by atoms with Crippen molar-refractivity contribution in [2.45, 2.75) is 11.2 Å². The van der Waals surface area contributed by atoms with E-state index >= 15 is 0 Å². The first kappa shape index (κ1) is 15.0. The number of hydrogen-bond acceptors (Lipinski definition) is 4. The Morgan fingerprint density at radius 2 is 1.38 bits per heavy atom. The summed E-state index contributed by atoms with van der Waals surface area (Å²) in [7, 11) is 1.60. The first-order valence-electron chi connectivity index (χ1n) is 8.44. The predicted octanol–water partition coefficient (Wildman–Crippen LogP) is 3.78. The van der Waals surface area contributed by atoms with Gasteiger partial charge in [0.1, 0.15) is 11.5 Å². The van der Waals surface area contributed by atoms with Gasteiger partial charge < -0.3 is 14.2 Å². The molecule has 0 radical (unpaired) electrons. The van der Waals surface area contributed by atoms with Crippen molar-refractivity contribution in [2.75, 3.05) is 7.11 Å².